The molecule has 0 amide bonds. The van der Waals surface area contributed by atoms with Gasteiger partial charge in [0, 0.05) is 5.41 Å². The lowest BCUT2D eigenvalue weighted by atomic mass is 9.77. The second-order valence-electron chi connectivity index (χ2n) is 4.46. The van der Waals surface area contributed by atoms with Gasteiger partial charge in [0.15, 0.2) is 0 Å². The van der Waals surface area contributed by atoms with E-state index >= 15 is 0 Å². The van der Waals surface area contributed by atoms with Crippen molar-refractivity contribution >= 4 is 0 Å². The second-order valence-corrected chi connectivity index (χ2v) is 4.46. The van der Waals surface area contributed by atoms with E-state index in [2.05, 4.69) is 6.58 Å². The smallest absolute Gasteiger partial charge is 0.123 e. The molecular weight excluding hydrogens is 191 g/mol. The highest BCUT2D eigenvalue weighted by Gasteiger charge is 2.29. The molecule has 0 aliphatic heterocycles. The van der Waals surface area contributed by atoms with Crippen LogP contribution in [-0.4, -0.2) is 5.11 Å². The molecule has 0 saturated carbocycles. The van der Waals surface area contributed by atoms with Gasteiger partial charge in [-0.15, -0.1) is 0 Å². The molecule has 0 radical (unpaired) electrons. The Balaban J connectivity index is 2.99. The van der Waals surface area contributed by atoms with E-state index in [1.165, 1.54) is 12.1 Å². The first-order valence-electron chi connectivity index (χ1n) is 4.95. The molecule has 1 atom stereocenters. The summed E-state index contributed by atoms with van der Waals surface area (Å²) in [5.74, 6) is -0.293. The minimum absolute atomic E-state index is 0.293. The molecule has 0 bridgehead atoms. The predicted octanol–water partition coefficient (Wildman–Crippen LogP) is 3.46. The van der Waals surface area contributed by atoms with Gasteiger partial charge in [-0.05, 0) is 24.6 Å². The molecule has 0 aliphatic rings. The minimum atomic E-state index is -0.657. The van der Waals surface area contributed by atoms with Crippen molar-refractivity contribution in [3.8, 4) is 0 Å². The zero-order valence-electron chi connectivity index (χ0n) is 9.42. The summed E-state index contributed by atoms with van der Waals surface area (Å²) in [7, 11) is 0. The maximum Gasteiger partial charge on any atom is 0.123 e. The van der Waals surface area contributed by atoms with Crippen LogP contribution < -0.4 is 0 Å². The number of aliphatic hydroxyl groups is 1. The molecule has 0 spiro atoms. The van der Waals surface area contributed by atoms with E-state index in [1.807, 2.05) is 20.8 Å². The van der Waals surface area contributed by atoms with Crippen LogP contribution in [0.15, 0.2) is 36.4 Å². The molecule has 1 aromatic rings. The van der Waals surface area contributed by atoms with Gasteiger partial charge in [-0.1, -0.05) is 38.1 Å². The molecule has 0 heterocycles. The number of rotatable bonds is 3. The Hall–Kier alpha value is -1.15. The molecular formula is C13H17FO. The summed E-state index contributed by atoms with van der Waals surface area (Å²) in [6.45, 7) is 9.58. The average Bonchev–Trinajstić information content (AvgIpc) is 2.17. The van der Waals surface area contributed by atoms with Crippen molar-refractivity contribution in [2.75, 3.05) is 0 Å². The summed E-state index contributed by atoms with van der Waals surface area (Å²) in [6, 6.07) is 5.91. The highest BCUT2D eigenvalue weighted by molar-refractivity contribution is 5.23. The van der Waals surface area contributed by atoms with Gasteiger partial charge in [0.05, 0.1) is 6.10 Å². The van der Waals surface area contributed by atoms with E-state index in [-0.39, 0.29) is 5.82 Å². The topological polar surface area (TPSA) is 20.2 Å². The normalized spacial score (nSPS) is 13.7. The second kappa shape index (κ2) is 4.15. The van der Waals surface area contributed by atoms with Gasteiger partial charge in [-0.2, -0.15) is 0 Å². The van der Waals surface area contributed by atoms with Gasteiger partial charge < -0.3 is 5.11 Å². The lowest BCUT2D eigenvalue weighted by molar-refractivity contribution is 0.0746. The van der Waals surface area contributed by atoms with Crippen molar-refractivity contribution in [3.63, 3.8) is 0 Å². The number of halogens is 1. The van der Waals surface area contributed by atoms with Crippen LogP contribution in [0.1, 0.15) is 32.4 Å². The molecule has 82 valence electrons. The van der Waals surface area contributed by atoms with E-state index in [0.29, 0.717) is 5.56 Å². The third-order valence-corrected chi connectivity index (χ3v) is 2.97. The fourth-order valence-electron chi connectivity index (χ4n) is 1.30. The SMILES string of the molecule is C=C(C)C(C)(C)C(O)c1ccc(F)cc1. The molecule has 1 unspecified atom stereocenters. The Kier molecular flexibility index (Phi) is 3.30. The summed E-state index contributed by atoms with van der Waals surface area (Å²) in [6.07, 6.45) is -0.657. The lowest BCUT2D eigenvalue weighted by Gasteiger charge is -2.31. The van der Waals surface area contributed by atoms with Crippen LogP contribution in [0.3, 0.4) is 0 Å². The van der Waals surface area contributed by atoms with Crippen LogP contribution in [0, 0.1) is 11.2 Å². The van der Waals surface area contributed by atoms with E-state index in [1.54, 1.807) is 12.1 Å². The van der Waals surface area contributed by atoms with Crippen LogP contribution in [0.2, 0.25) is 0 Å². The third kappa shape index (κ3) is 2.45. The van der Waals surface area contributed by atoms with Crippen molar-refractivity contribution < 1.29 is 9.50 Å². The van der Waals surface area contributed by atoms with Crippen molar-refractivity contribution in [2.24, 2.45) is 5.41 Å². The number of hydrogen-bond donors (Lipinski definition) is 1. The van der Waals surface area contributed by atoms with Gasteiger partial charge >= 0.3 is 0 Å². The summed E-state index contributed by atoms with van der Waals surface area (Å²) in [5.41, 5.74) is 1.21. The Labute approximate surface area is 90.3 Å². The van der Waals surface area contributed by atoms with Crippen LogP contribution >= 0.6 is 0 Å². The number of aliphatic hydroxyl groups excluding tert-OH is 1. The van der Waals surface area contributed by atoms with Gasteiger partial charge in [-0.25, -0.2) is 4.39 Å². The first-order valence-corrected chi connectivity index (χ1v) is 4.95. The van der Waals surface area contributed by atoms with E-state index in [9.17, 15) is 9.50 Å². The summed E-state index contributed by atoms with van der Waals surface area (Å²) in [4.78, 5) is 0. The maximum absolute atomic E-state index is 12.7. The van der Waals surface area contributed by atoms with Gasteiger partial charge in [0.2, 0.25) is 0 Å². The fourth-order valence-corrected chi connectivity index (χ4v) is 1.30. The first kappa shape index (κ1) is 11.9. The molecule has 2 heteroatoms. The van der Waals surface area contributed by atoms with Crippen LogP contribution in [0.25, 0.3) is 0 Å². The number of benzene rings is 1. The zero-order chi connectivity index (χ0) is 11.6. The van der Waals surface area contributed by atoms with Crippen LogP contribution in [0.5, 0.6) is 0 Å². The van der Waals surface area contributed by atoms with E-state index in [4.69, 9.17) is 0 Å². The number of hydrogen-bond acceptors (Lipinski definition) is 1. The fraction of sp³-hybridized carbons (Fsp3) is 0.385. The highest BCUT2D eigenvalue weighted by Crippen LogP contribution is 2.38. The Morgan fingerprint density at radius 1 is 1.33 bits per heavy atom. The summed E-state index contributed by atoms with van der Waals surface area (Å²) in [5, 5.41) is 10.1. The van der Waals surface area contributed by atoms with Gasteiger partial charge in [0.1, 0.15) is 5.82 Å². The molecule has 15 heavy (non-hydrogen) atoms. The monoisotopic (exact) mass is 208 g/mol. The average molecular weight is 208 g/mol. The van der Waals surface area contributed by atoms with Crippen molar-refractivity contribution in [1.29, 1.82) is 0 Å². The maximum atomic E-state index is 12.7. The van der Waals surface area contributed by atoms with Gasteiger partial charge in [0.25, 0.3) is 0 Å². The molecule has 1 aromatic carbocycles. The molecule has 0 aromatic heterocycles. The van der Waals surface area contributed by atoms with E-state index < -0.39 is 11.5 Å². The third-order valence-electron chi connectivity index (χ3n) is 2.97. The summed E-state index contributed by atoms with van der Waals surface area (Å²) < 4.78 is 12.7. The molecule has 0 aliphatic carbocycles. The van der Waals surface area contributed by atoms with Crippen LogP contribution in [-0.2, 0) is 0 Å². The predicted molar refractivity (Wildman–Crippen MR) is 60.0 cm³/mol. The Morgan fingerprint density at radius 3 is 2.20 bits per heavy atom. The molecule has 1 N–H and O–H groups in total. The van der Waals surface area contributed by atoms with Crippen molar-refractivity contribution in [1.82, 2.24) is 0 Å². The van der Waals surface area contributed by atoms with Crippen molar-refractivity contribution in [2.45, 2.75) is 26.9 Å². The van der Waals surface area contributed by atoms with Crippen LogP contribution in [0.4, 0.5) is 4.39 Å². The standard InChI is InChI=1S/C13H17FO/c1-9(2)13(3,4)12(15)10-5-7-11(14)8-6-10/h5-8,12,15H,1H2,2-4H3. The molecule has 1 nitrogen and oxygen atoms in total. The quantitative estimate of drug-likeness (QED) is 0.754. The van der Waals surface area contributed by atoms with E-state index in [0.717, 1.165) is 5.57 Å². The molecule has 1 rings (SSSR count). The highest BCUT2D eigenvalue weighted by atomic mass is 19.1. The lowest BCUT2D eigenvalue weighted by Crippen LogP contribution is -2.22. The van der Waals surface area contributed by atoms with Crippen molar-refractivity contribution in [3.05, 3.63) is 47.8 Å². The summed E-state index contributed by atoms with van der Waals surface area (Å²) >= 11 is 0. The Bertz CT molecular complexity index is 351. The first-order chi connectivity index (χ1) is 6.85. The van der Waals surface area contributed by atoms with Gasteiger partial charge in [-0.3, -0.25) is 0 Å². The molecule has 0 fully saturated rings. The zero-order valence-corrected chi connectivity index (χ0v) is 9.42. The molecule has 0 saturated heterocycles. The Morgan fingerprint density at radius 2 is 1.80 bits per heavy atom. The largest absolute Gasteiger partial charge is 0.388 e. The minimum Gasteiger partial charge on any atom is -0.388 e.